The summed E-state index contributed by atoms with van der Waals surface area (Å²) >= 11 is 4.27. The number of nitrogens with zero attached hydrogens (tertiary/aromatic N) is 1. The van der Waals surface area contributed by atoms with Gasteiger partial charge in [-0.15, -0.1) is 0 Å². The Balaban J connectivity index is 1.76. The van der Waals surface area contributed by atoms with E-state index in [1.807, 2.05) is 39.8 Å². The monoisotopic (exact) mass is 532 g/mol. The molecule has 3 rings (SSSR count). The maximum absolute atomic E-state index is 12.8. The van der Waals surface area contributed by atoms with Gasteiger partial charge >= 0.3 is 0 Å². The fourth-order valence-corrected chi connectivity index (χ4v) is 4.58. The van der Waals surface area contributed by atoms with Gasteiger partial charge in [0.15, 0.2) is 11.5 Å². The molecule has 0 radical (unpaired) electrons. The number of hydrogen-bond donors (Lipinski definition) is 1. The summed E-state index contributed by atoms with van der Waals surface area (Å²) in [5.41, 5.74) is 3.43. The van der Waals surface area contributed by atoms with E-state index in [0.29, 0.717) is 40.4 Å². The summed E-state index contributed by atoms with van der Waals surface area (Å²) in [5, 5.41) is 2.25. The number of aryl methyl sites for hydroxylation is 2. The number of thioether (sulfide) groups is 1. The minimum Gasteiger partial charge on any atom is -0.490 e. The van der Waals surface area contributed by atoms with Gasteiger partial charge in [0.2, 0.25) is 5.91 Å². The smallest absolute Gasteiger partial charge is 0.294 e. The number of hydrogen-bond acceptors (Lipinski definition) is 6. The van der Waals surface area contributed by atoms with Crippen molar-refractivity contribution in [1.82, 2.24) is 4.90 Å². The van der Waals surface area contributed by atoms with Gasteiger partial charge in [-0.2, -0.15) is 0 Å². The van der Waals surface area contributed by atoms with Crippen LogP contribution in [0.2, 0.25) is 0 Å². The maximum Gasteiger partial charge on any atom is 0.294 e. The Labute approximate surface area is 205 Å². The summed E-state index contributed by atoms with van der Waals surface area (Å²) in [5.74, 6) is 0.159. The minimum absolute atomic E-state index is 0.234. The van der Waals surface area contributed by atoms with E-state index in [1.54, 1.807) is 24.3 Å². The standard InChI is InChI=1S/C24H25BrN2O5S/c1-5-31-19-11-16(10-18(25)22(19)32-6-2)12-20-23(29)27(24(30)33-20)13-21(28)26-17-8-7-14(3)15(4)9-17/h7-12H,5-6,13H2,1-4H3,(H,26,28)/b20-12+. The highest BCUT2D eigenvalue weighted by atomic mass is 79.9. The van der Waals surface area contributed by atoms with Crippen molar-refractivity contribution in [3.8, 4) is 11.5 Å². The first kappa shape index (κ1) is 24.9. The number of halogens is 1. The Morgan fingerprint density at radius 2 is 1.82 bits per heavy atom. The van der Waals surface area contributed by atoms with Gasteiger partial charge in [-0.25, -0.2) is 0 Å². The molecular weight excluding hydrogens is 508 g/mol. The molecule has 0 aliphatic carbocycles. The van der Waals surface area contributed by atoms with E-state index in [0.717, 1.165) is 27.8 Å². The summed E-state index contributed by atoms with van der Waals surface area (Å²) in [6, 6.07) is 9.07. The number of benzene rings is 2. The fraction of sp³-hybridized carbons (Fsp3) is 0.292. The Bertz CT molecular complexity index is 1130. The molecule has 33 heavy (non-hydrogen) atoms. The van der Waals surface area contributed by atoms with Crippen LogP contribution in [0.1, 0.15) is 30.5 Å². The highest BCUT2D eigenvalue weighted by molar-refractivity contribution is 9.10. The molecule has 2 aromatic rings. The van der Waals surface area contributed by atoms with Crippen LogP contribution in [-0.2, 0) is 9.59 Å². The average molecular weight is 533 g/mol. The number of anilines is 1. The zero-order valence-corrected chi connectivity index (χ0v) is 21.3. The van der Waals surface area contributed by atoms with Crippen molar-refractivity contribution in [3.05, 3.63) is 56.4 Å². The van der Waals surface area contributed by atoms with Crippen LogP contribution >= 0.6 is 27.7 Å². The molecule has 174 valence electrons. The largest absolute Gasteiger partial charge is 0.490 e. The molecule has 0 atom stereocenters. The molecule has 0 unspecified atom stereocenters. The number of ether oxygens (including phenoxy) is 2. The first-order chi connectivity index (χ1) is 15.7. The van der Waals surface area contributed by atoms with Gasteiger partial charge in [0.25, 0.3) is 11.1 Å². The molecule has 0 saturated carbocycles. The molecule has 7 nitrogen and oxygen atoms in total. The van der Waals surface area contributed by atoms with E-state index in [2.05, 4.69) is 21.2 Å². The lowest BCUT2D eigenvalue weighted by molar-refractivity contribution is -0.127. The number of rotatable bonds is 8. The van der Waals surface area contributed by atoms with E-state index in [-0.39, 0.29) is 11.4 Å². The Hall–Kier alpha value is -2.78. The van der Waals surface area contributed by atoms with Crippen molar-refractivity contribution in [2.24, 2.45) is 0 Å². The second kappa shape index (κ2) is 10.9. The van der Waals surface area contributed by atoms with Gasteiger partial charge in [-0.05, 0) is 102 Å². The predicted octanol–water partition coefficient (Wildman–Crippen LogP) is 5.54. The SMILES string of the molecule is CCOc1cc(/C=C2/SC(=O)N(CC(=O)Nc3ccc(C)c(C)c3)C2=O)cc(Br)c1OCC. The van der Waals surface area contributed by atoms with Crippen molar-refractivity contribution in [3.63, 3.8) is 0 Å². The van der Waals surface area contributed by atoms with Gasteiger partial charge in [0.05, 0.1) is 22.6 Å². The number of nitrogens with one attached hydrogen (secondary N) is 1. The summed E-state index contributed by atoms with van der Waals surface area (Å²) in [6.07, 6.45) is 1.61. The van der Waals surface area contributed by atoms with E-state index in [9.17, 15) is 14.4 Å². The molecule has 9 heteroatoms. The van der Waals surface area contributed by atoms with E-state index in [1.165, 1.54) is 0 Å². The van der Waals surface area contributed by atoms with Crippen LogP contribution < -0.4 is 14.8 Å². The zero-order valence-electron chi connectivity index (χ0n) is 18.9. The van der Waals surface area contributed by atoms with Crippen molar-refractivity contribution < 1.29 is 23.9 Å². The van der Waals surface area contributed by atoms with Crippen LogP contribution in [0.15, 0.2) is 39.7 Å². The number of carbonyl (C=O) groups is 3. The zero-order chi connectivity index (χ0) is 24.1. The lowest BCUT2D eigenvalue weighted by Crippen LogP contribution is -2.36. The Morgan fingerprint density at radius 3 is 2.48 bits per heavy atom. The summed E-state index contributed by atoms with van der Waals surface area (Å²) in [7, 11) is 0. The van der Waals surface area contributed by atoms with Crippen molar-refractivity contribution in [2.45, 2.75) is 27.7 Å². The molecule has 1 N–H and O–H groups in total. The van der Waals surface area contributed by atoms with Crippen LogP contribution in [0.3, 0.4) is 0 Å². The lowest BCUT2D eigenvalue weighted by Gasteiger charge is -2.14. The Kier molecular flexibility index (Phi) is 8.20. The second-order valence-electron chi connectivity index (χ2n) is 7.31. The van der Waals surface area contributed by atoms with Crippen LogP contribution in [0.25, 0.3) is 6.08 Å². The summed E-state index contributed by atoms with van der Waals surface area (Å²) in [4.78, 5) is 38.9. The summed E-state index contributed by atoms with van der Waals surface area (Å²) in [6.45, 7) is 8.23. The quantitative estimate of drug-likeness (QED) is 0.449. The van der Waals surface area contributed by atoms with Crippen LogP contribution in [-0.4, -0.2) is 41.7 Å². The van der Waals surface area contributed by atoms with Crippen molar-refractivity contribution in [1.29, 1.82) is 0 Å². The van der Waals surface area contributed by atoms with Gasteiger partial charge in [0.1, 0.15) is 6.54 Å². The molecule has 1 aliphatic rings. The van der Waals surface area contributed by atoms with Crippen LogP contribution in [0.5, 0.6) is 11.5 Å². The van der Waals surface area contributed by atoms with Crippen molar-refractivity contribution >= 4 is 56.5 Å². The molecule has 0 bridgehead atoms. The lowest BCUT2D eigenvalue weighted by atomic mass is 10.1. The molecule has 1 saturated heterocycles. The van der Waals surface area contributed by atoms with Gasteiger partial charge in [0, 0.05) is 5.69 Å². The molecule has 3 amide bonds. The van der Waals surface area contributed by atoms with Crippen LogP contribution in [0, 0.1) is 13.8 Å². The highest BCUT2D eigenvalue weighted by Crippen LogP contribution is 2.39. The third-order valence-electron chi connectivity index (χ3n) is 4.88. The van der Waals surface area contributed by atoms with Gasteiger partial charge in [-0.3, -0.25) is 19.3 Å². The normalized spacial score (nSPS) is 14.7. The van der Waals surface area contributed by atoms with Gasteiger partial charge < -0.3 is 14.8 Å². The van der Waals surface area contributed by atoms with Crippen molar-refractivity contribution in [2.75, 3.05) is 25.1 Å². The second-order valence-corrected chi connectivity index (χ2v) is 9.16. The predicted molar refractivity (Wildman–Crippen MR) is 134 cm³/mol. The van der Waals surface area contributed by atoms with E-state index in [4.69, 9.17) is 9.47 Å². The van der Waals surface area contributed by atoms with E-state index < -0.39 is 17.1 Å². The van der Waals surface area contributed by atoms with E-state index >= 15 is 0 Å². The first-order valence-corrected chi connectivity index (χ1v) is 12.1. The minimum atomic E-state index is -0.511. The Morgan fingerprint density at radius 1 is 1.09 bits per heavy atom. The average Bonchev–Trinajstić information content (AvgIpc) is 3.01. The molecule has 1 heterocycles. The number of imide groups is 1. The third kappa shape index (κ3) is 5.97. The molecule has 0 aromatic heterocycles. The molecular formula is C24H25BrN2O5S. The summed E-state index contributed by atoms with van der Waals surface area (Å²) < 4.78 is 12.0. The molecule has 2 aromatic carbocycles. The molecule has 0 spiro atoms. The topological polar surface area (TPSA) is 84.9 Å². The maximum atomic E-state index is 12.8. The fourth-order valence-electron chi connectivity index (χ4n) is 3.17. The third-order valence-corrected chi connectivity index (χ3v) is 6.38. The first-order valence-electron chi connectivity index (χ1n) is 10.4. The molecule has 1 aliphatic heterocycles. The molecule has 1 fully saturated rings. The van der Waals surface area contributed by atoms with Gasteiger partial charge in [-0.1, -0.05) is 6.07 Å². The number of amides is 3. The van der Waals surface area contributed by atoms with Crippen LogP contribution in [0.4, 0.5) is 10.5 Å². The highest BCUT2D eigenvalue weighted by Gasteiger charge is 2.36. The number of carbonyl (C=O) groups excluding carboxylic acids is 3.